The topological polar surface area (TPSA) is 135 Å². The Kier molecular flexibility index (Phi) is 10.3. The number of carbonyl (C=O) groups excluding carboxylic acids is 3. The number of ether oxygens (including phenoxy) is 2. The van der Waals surface area contributed by atoms with Gasteiger partial charge in [-0.1, -0.05) is 66.7 Å². The molecule has 3 aromatic carbocycles. The molecule has 1 aliphatic rings. The van der Waals surface area contributed by atoms with E-state index in [0.717, 1.165) is 16.7 Å². The molecule has 10 heteroatoms. The van der Waals surface area contributed by atoms with E-state index in [9.17, 15) is 14.4 Å². The third-order valence-corrected chi connectivity index (χ3v) is 6.88. The van der Waals surface area contributed by atoms with Gasteiger partial charge in [-0.25, -0.2) is 0 Å². The fourth-order valence-corrected chi connectivity index (χ4v) is 4.57. The summed E-state index contributed by atoms with van der Waals surface area (Å²) in [6.45, 7) is 0.601. The van der Waals surface area contributed by atoms with E-state index >= 15 is 0 Å². The lowest BCUT2D eigenvalue weighted by atomic mass is 9.83. The normalized spacial score (nSPS) is 16.1. The molecule has 4 N–H and O–H groups in total. The minimum Gasteiger partial charge on any atom is -0.492 e. The fourth-order valence-electron chi connectivity index (χ4n) is 4.57. The van der Waals surface area contributed by atoms with Crippen molar-refractivity contribution in [3.63, 3.8) is 0 Å². The van der Waals surface area contributed by atoms with E-state index in [1.807, 2.05) is 54.6 Å². The van der Waals surface area contributed by atoms with Gasteiger partial charge in [0.05, 0.1) is 25.5 Å². The number of hydrogen-bond donors (Lipinski definition) is 3. The molecule has 1 atom stereocenters. The Morgan fingerprint density at radius 2 is 1.62 bits per heavy atom. The zero-order valence-electron chi connectivity index (χ0n) is 22.2. The number of nitrogens with zero attached hydrogens (tertiary/aromatic N) is 1. The third-order valence-electron chi connectivity index (χ3n) is 6.88. The van der Waals surface area contributed by atoms with Crippen LogP contribution in [0.3, 0.4) is 0 Å². The molecule has 1 saturated heterocycles. The molecule has 40 heavy (non-hydrogen) atoms. The Balaban J connectivity index is 0.00000441. The lowest BCUT2D eigenvalue weighted by Gasteiger charge is -2.27. The lowest BCUT2D eigenvalue weighted by molar-refractivity contribution is -0.150. The molecule has 1 fully saturated rings. The second-order valence-corrected chi connectivity index (χ2v) is 9.58. The summed E-state index contributed by atoms with van der Waals surface area (Å²) >= 11 is 0. The van der Waals surface area contributed by atoms with Gasteiger partial charge in [0.25, 0.3) is 0 Å². The molecule has 0 aliphatic carbocycles. The van der Waals surface area contributed by atoms with Gasteiger partial charge in [-0.05, 0) is 35.2 Å². The van der Waals surface area contributed by atoms with Gasteiger partial charge < -0.3 is 25.4 Å². The summed E-state index contributed by atoms with van der Waals surface area (Å²) in [6, 6.07) is 24.3. The zero-order chi connectivity index (χ0) is 27.8. The van der Waals surface area contributed by atoms with Gasteiger partial charge >= 0.3 is 5.97 Å². The van der Waals surface area contributed by atoms with Crippen LogP contribution in [-0.4, -0.2) is 55.3 Å². The molecule has 0 radical (unpaired) electrons. The second-order valence-electron chi connectivity index (χ2n) is 9.58. The predicted octanol–water partition coefficient (Wildman–Crippen LogP) is 3.54. The first-order valence-corrected chi connectivity index (χ1v) is 12.6. The summed E-state index contributed by atoms with van der Waals surface area (Å²) in [4.78, 5) is 39.7. The van der Waals surface area contributed by atoms with Gasteiger partial charge in [0.15, 0.2) is 0 Å². The first-order valence-electron chi connectivity index (χ1n) is 12.6. The highest BCUT2D eigenvalue weighted by molar-refractivity contribution is 5.95. The Morgan fingerprint density at radius 1 is 1.00 bits per heavy atom. The molecule has 0 bridgehead atoms. The molecule has 4 rings (SSSR count). The van der Waals surface area contributed by atoms with E-state index in [2.05, 4.69) is 5.32 Å². The maximum absolute atomic E-state index is 13.5. The standard InChI is InChI=1S/C30H32N4O5.ClH/c1-38-27(36)17-30(15-16-34(29(30)37)19-26(35)33-18-21-5-3-2-4-6-21)20-39-25-13-11-23(12-14-25)22-7-9-24(10-8-22)28(31)32;/h2-14H,15-20H2,1H3,(H3,31,32)(H,33,35);1H. The van der Waals surface area contributed by atoms with E-state index < -0.39 is 11.4 Å². The summed E-state index contributed by atoms with van der Waals surface area (Å²) in [7, 11) is 1.28. The number of esters is 1. The number of nitrogens with one attached hydrogen (secondary N) is 2. The van der Waals surface area contributed by atoms with Crippen molar-refractivity contribution in [2.75, 3.05) is 26.8 Å². The third kappa shape index (κ3) is 7.39. The number of rotatable bonds is 11. The quantitative estimate of drug-likeness (QED) is 0.185. The maximum atomic E-state index is 13.5. The molecular weight excluding hydrogens is 532 g/mol. The number of amidine groups is 1. The van der Waals surface area contributed by atoms with Gasteiger partial charge in [-0.15, -0.1) is 12.4 Å². The summed E-state index contributed by atoms with van der Waals surface area (Å²) in [5.74, 6) is -0.514. The number of methoxy groups -OCH3 is 1. The second kappa shape index (κ2) is 13.6. The van der Waals surface area contributed by atoms with Gasteiger partial charge in [0, 0.05) is 18.7 Å². The Bertz CT molecular complexity index is 1330. The Hall–Kier alpha value is -4.37. The van der Waals surface area contributed by atoms with Crippen LogP contribution in [0.1, 0.15) is 24.0 Å². The lowest BCUT2D eigenvalue weighted by Crippen LogP contribution is -2.44. The molecule has 0 saturated carbocycles. The van der Waals surface area contributed by atoms with Crippen molar-refractivity contribution in [3.8, 4) is 16.9 Å². The van der Waals surface area contributed by atoms with Crippen LogP contribution < -0.4 is 15.8 Å². The average molecular weight is 565 g/mol. The van der Waals surface area contributed by atoms with E-state index in [-0.39, 0.29) is 49.6 Å². The van der Waals surface area contributed by atoms with E-state index in [1.165, 1.54) is 12.0 Å². The van der Waals surface area contributed by atoms with Gasteiger partial charge in [-0.3, -0.25) is 19.8 Å². The van der Waals surface area contributed by atoms with E-state index in [0.29, 0.717) is 30.8 Å². The Labute approximate surface area is 239 Å². The van der Waals surface area contributed by atoms with Crippen molar-refractivity contribution in [2.45, 2.75) is 19.4 Å². The number of benzene rings is 3. The molecule has 1 heterocycles. The van der Waals surface area contributed by atoms with Crippen LogP contribution in [0.25, 0.3) is 11.1 Å². The Morgan fingerprint density at radius 3 is 2.23 bits per heavy atom. The molecule has 1 aliphatic heterocycles. The number of halogens is 1. The SMILES string of the molecule is COC(=O)CC1(COc2ccc(-c3ccc(C(=N)N)cc3)cc2)CCN(CC(=O)NCc2ccccc2)C1=O.Cl. The fraction of sp³-hybridized carbons (Fsp3) is 0.267. The van der Waals surface area contributed by atoms with Crippen LogP contribution in [0, 0.1) is 10.8 Å². The predicted molar refractivity (Wildman–Crippen MR) is 154 cm³/mol. The minimum atomic E-state index is -1.12. The first kappa shape index (κ1) is 30.2. The van der Waals surface area contributed by atoms with Gasteiger partial charge in [-0.2, -0.15) is 0 Å². The maximum Gasteiger partial charge on any atom is 0.306 e. The van der Waals surface area contributed by atoms with Crippen molar-refractivity contribution in [1.82, 2.24) is 10.2 Å². The highest BCUT2D eigenvalue weighted by atomic mass is 35.5. The van der Waals surface area contributed by atoms with Gasteiger partial charge in [0.2, 0.25) is 11.8 Å². The zero-order valence-corrected chi connectivity index (χ0v) is 23.0. The largest absolute Gasteiger partial charge is 0.492 e. The van der Waals surface area contributed by atoms with Crippen molar-refractivity contribution >= 4 is 36.0 Å². The number of hydrogen-bond acceptors (Lipinski definition) is 6. The molecule has 1 unspecified atom stereocenters. The smallest absolute Gasteiger partial charge is 0.306 e. The molecule has 210 valence electrons. The monoisotopic (exact) mass is 564 g/mol. The average Bonchev–Trinajstić information content (AvgIpc) is 3.25. The summed E-state index contributed by atoms with van der Waals surface area (Å²) in [6.07, 6.45) is 0.235. The summed E-state index contributed by atoms with van der Waals surface area (Å²) < 4.78 is 10.9. The molecule has 9 nitrogen and oxygen atoms in total. The summed E-state index contributed by atoms with van der Waals surface area (Å²) in [5.41, 5.74) is 7.93. The van der Waals surface area contributed by atoms with Crippen molar-refractivity contribution < 1.29 is 23.9 Å². The number of amides is 2. The van der Waals surface area contributed by atoms with Crippen LogP contribution in [0.5, 0.6) is 5.75 Å². The first-order chi connectivity index (χ1) is 18.8. The molecular formula is C30H33ClN4O5. The van der Waals surface area contributed by atoms with E-state index in [1.54, 1.807) is 24.3 Å². The van der Waals surface area contributed by atoms with Gasteiger partial charge in [0.1, 0.15) is 18.2 Å². The van der Waals surface area contributed by atoms with Crippen LogP contribution >= 0.6 is 12.4 Å². The highest BCUT2D eigenvalue weighted by Crippen LogP contribution is 2.37. The van der Waals surface area contributed by atoms with Crippen molar-refractivity contribution in [2.24, 2.45) is 11.1 Å². The van der Waals surface area contributed by atoms with Crippen LogP contribution in [-0.2, 0) is 25.7 Å². The van der Waals surface area contributed by atoms with Crippen LogP contribution in [0.4, 0.5) is 0 Å². The number of likely N-dealkylation sites (tertiary alicyclic amines) is 1. The van der Waals surface area contributed by atoms with E-state index in [4.69, 9.17) is 20.6 Å². The number of carbonyl (C=O) groups is 3. The molecule has 3 aromatic rings. The molecule has 0 spiro atoms. The van der Waals surface area contributed by atoms with Crippen molar-refractivity contribution in [3.05, 3.63) is 90.0 Å². The molecule has 0 aromatic heterocycles. The van der Waals surface area contributed by atoms with Crippen molar-refractivity contribution in [1.29, 1.82) is 5.41 Å². The molecule has 2 amide bonds. The summed E-state index contributed by atoms with van der Waals surface area (Å²) in [5, 5.41) is 10.4. The van der Waals surface area contributed by atoms with Crippen LogP contribution in [0.15, 0.2) is 78.9 Å². The minimum absolute atomic E-state index is 0. The van der Waals surface area contributed by atoms with Crippen LogP contribution in [0.2, 0.25) is 0 Å². The highest BCUT2D eigenvalue weighted by Gasteiger charge is 2.49. The number of nitrogens with two attached hydrogens (primary N) is 1. The number of nitrogen functional groups attached to an aromatic ring is 1.